The van der Waals surface area contributed by atoms with Gasteiger partial charge in [-0.25, -0.2) is 0 Å². The Morgan fingerprint density at radius 3 is 3.05 bits per heavy atom. The maximum Gasteiger partial charge on any atom is 0.166 e. The molecule has 22 heavy (non-hydrogen) atoms. The number of hydrogen-bond acceptors (Lipinski definition) is 6. The largest absolute Gasteiger partial charge is 0.493 e. The predicted octanol–water partition coefficient (Wildman–Crippen LogP) is 3.04. The van der Waals surface area contributed by atoms with E-state index in [1.165, 1.54) is 24.3 Å². The van der Waals surface area contributed by atoms with Crippen LogP contribution >= 0.6 is 11.3 Å². The summed E-state index contributed by atoms with van der Waals surface area (Å²) in [5.74, 6) is 2.31. The lowest BCUT2D eigenvalue weighted by Gasteiger charge is -2.21. The SMILES string of the molecule is COc1cccc2c1OCC2NCc1nnc(C2CCC2)s1. The fourth-order valence-corrected chi connectivity index (χ4v) is 3.88. The summed E-state index contributed by atoms with van der Waals surface area (Å²) in [6.07, 6.45) is 3.87. The Balaban J connectivity index is 1.42. The van der Waals surface area contributed by atoms with Gasteiger partial charge in [0.25, 0.3) is 0 Å². The van der Waals surface area contributed by atoms with Gasteiger partial charge in [0.1, 0.15) is 16.6 Å². The van der Waals surface area contributed by atoms with Gasteiger partial charge in [-0.3, -0.25) is 0 Å². The maximum atomic E-state index is 5.77. The van der Waals surface area contributed by atoms with Crippen LogP contribution in [0, 0.1) is 0 Å². The minimum atomic E-state index is 0.182. The zero-order valence-electron chi connectivity index (χ0n) is 12.5. The molecule has 116 valence electrons. The summed E-state index contributed by atoms with van der Waals surface area (Å²) in [7, 11) is 1.67. The Morgan fingerprint density at radius 2 is 2.27 bits per heavy atom. The van der Waals surface area contributed by atoms with Crippen molar-refractivity contribution in [2.75, 3.05) is 13.7 Å². The van der Waals surface area contributed by atoms with Crippen molar-refractivity contribution in [3.63, 3.8) is 0 Å². The molecule has 1 fully saturated rings. The molecule has 1 N–H and O–H groups in total. The van der Waals surface area contributed by atoms with Gasteiger partial charge in [-0.1, -0.05) is 29.9 Å². The van der Waals surface area contributed by atoms with Crippen molar-refractivity contribution in [3.05, 3.63) is 33.8 Å². The van der Waals surface area contributed by atoms with Gasteiger partial charge >= 0.3 is 0 Å². The highest BCUT2D eigenvalue weighted by atomic mass is 32.1. The van der Waals surface area contributed by atoms with Crippen LogP contribution in [-0.4, -0.2) is 23.9 Å². The summed E-state index contributed by atoms with van der Waals surface area (Å²) in [5.41, 5.74) is 1.16. The Labute approximate surface area is 133 Å². The molecule has 4 rings (SSSR count). The molecule has 0 spiro atoms. The molecule has 0 bridgehead atoms. The highest BCUT2D eigenvalue weighted by Gasteiger charge is 2.27. The van der Waals surface area contributed by atoms with E-state index in [2.05, 4.69) is 21.6 Å². The van der Waals surface area contributed by atoms with Crippen molar-refractivity contribution in [2.24, 2.45) is 0 Å². The van der Waals surface area contributed by atoms with Gasteiger partial charge in [0.2, 0.25) is 0 Å². The van der Waals surface area contributed by atoms with E-state index >= 15 is 0 Å². The Bertz CT molecular complexity index is 669. The van der Waals surface area contributed by atoms with E-state index in [0.717, 1.165) is 28.6 Å². The molecular formula is C16H19N3O2S. The van der Waals surface area contributed by atoms with Gasteiger partial charge in [-0.2, -0.15) is 0 Å². The molecule has 0 radical (unpaired) electrons. The predicted molar refractivity (Wildman–Crippen MR) is 84.6 cm³/mol. The van der Waals surface area contributed by atoms with Gasteiger partial charge in [0, 0.05) is 11.5 Å². The van der Waals surface area contributed by atoms with Crippen LogP contribution < -0.4 is 14.8 Å². The number of hydrogen-bond donors (Lipinski definition) is 1. The average molecular weight is 317 g/mol. The average Bonchev–Trinajstić information content (AvgIpc) is 3.10. The number of ether oxygens (including phenoxy) is 2. The van der Waals surface area contributed by atoms with Crippen LogP contribution in [0.3, 0.4) is 0 Å². The molecule has 2 aromatic rings. The van der Waals surface area contributed by atoms with Crippen molar-refractivity contribution in [1.82, 2.24) is 15.5 Å². The molecule has 1 aliphatic heterocycles. The quantitative estimate of drug-likeness (QED) is 0.918. The summed E-state index contributed by atoms with van der Waals surface area (Å²) in [5, 5.41) is 14.4. The van der Waals surface area contributed by atoms with Crippen LogP contribution in [-0.2, 0) is 6.54 Å². The third kappa shape index (κ3) is 2.46. The monoisotopic (exact) mass is 317 g/mol. The number of para-hydroxylation sites is 1. The molecule has 1 saturated carbocycles. The minimum Gasteiger partial charge on any atom is -0.493 e. The van der Waals surface area contributed by atoms with E-state index in [4.69, 9.17) is 9.47 Å². The van der Waals surface area contributed by atoms with E-state index in [1.54, 1.807) is 18.4 Å². The molecule has 0 saturated heterocycles. The van der Waals surface area contributed by atoms with Crippen LogP contribution in [0.4, 0.5) is 0 Å². The zero-order chi connectivity index (χ0) is 14.9. The van der Waals surface area contributed by atoms with E-state index in [-0.39, 0.29) is 6.04 Å². The number of fused-ring (bicyclic) bond motifs is 1. The number of rotatable bonds is 5. The van der Waals surface area contributed by atoms with Crippen LogP contribution in [0.5, 0.6) is 11.5 Å². The summed E-state index contributed by atoms with van der Waals surface area (Å²) in [4.78, 5) is 0. The highest BCUT2D eigenvalue weighted by Crippen LogP contribution is 2.40. The fraction of sp³-hybridized carbons (Fsp3) is 0.500. The number of aromatic nitrogens is 2. The third-order valence-electron chi connectivity index (χ3n) is 4.44. The molecule has 1 aromatic heterocycles. The van der Waals surface area contributed by atoms with Crippen LogP contribution in [0.15, 0.2) is 18.2 Å². The molecule has 2 aliphatic rings. The van der Waals surface area contributed by atoms with Crippen LogP contribution in [0.2, 0.25) is 0 Å². The fourth-order valence-electron chi connectivity index (χ4n) is 2.92. The first-order valence-electron chi connectivity index (χ1n) is 7.70. The molecule has 6 heteroatoms. The normalized spacial score (nSPS) is 20.3. The first-order chi connectivity index (χ1) is 10.8. The topological polar surface area (TPSA) is 56.3 Å². The Hall–Kier alpha value is -1.66. The van der Waals surface area contributed by atoms with Gasteiger partial charge in [0.15, 0.2) is 11.5 Å². The zero-order valence-corrected chi connectivity index (χ0v) is 13.4. The second-order valence-corrected chi connectivity index (χ2v) is 6.88. The molecule has 1 atom stereocenters. The van der Waals surface area contributed by atoms with Crippen LogP contribution in [0.25, 0.3) is 0 Å². The van der Waals surface area contributed by atoms with Crippen LogP contribution in [0.1, 0.15) is 46.8 Å². The van der Waals surface area contributed by atoms with E-state index in [9.17, 15) is 0 Å². The van der Waals surface area contributed by atoms with Crippen molar-refractivity contribution >= 4 is 11.3 Å². The lowest BCUT2D eigenvalue weighted by Crippen LogP contribution is -2.21. The maximum absolute atomic E-state index is 5.77. The van der Waals surface area contributed by atoms with Crippen molar-refractivity contribution in [2.45, 2.75) is 37.8 Å². The second kappa shape index (κ2) is 5.85. The smallest absolute Gasteiger partial charge is 0.166 e. The molecule has 1 unspecified atom stereocenters. The summed E-state index contributed by atoms with van der Waals surface area (Å²) in [6.45, 7) is 1.36. The van der Waals surface area contributed by atoms with Gasteiger partial charge in [-0.15, -0.1) is 10.2 Å². The van der Waals surface area contributed by atoms with Gasteiger partial charge in [0.05, 0.1) is 19.7 Å². The summed E-state index contributed by atoms with van der Waals surface area (Å²) < 4.78 is 11.1. The first-order valence-corrected chi connectivity index (χ1v) is 8.52. The Kier molecular flexibility index (Phi) is 3.72. The first kappa shape index (κ1) is 14.0. The summed E-state index contributed by atoms with van der Waals surface area (Å²) in [6, 6.07) is 6.20. The Morgan fingerprint density at radius 1 is 1.36 bits per heavy atom. The standard InChI is InChI=1S/C16H19N3O2S/c1-20-13-7-3-6-11-12(9-21-15(11)13)17-8-14-18-19-16(22-14)10-4-2-5-10/h3,6-7,10,12,17H,2,4-5,8-9H2,1H3. The number of benzene rings is 1. The number of nitrogens with one attached hydrogen (secondary N) is 1. The molecule has 1 aromatic carbocycles. The van der Waals surface area contributed by atoms with E-state index in [1.807, 2.05) is 12.1 Å². The molecular weight excluding hydrogens is 298 g/mol. The molecule has 5 nitrogen and oxygen atoms in total. The molecule has 2 heterocycles. The lowest BCUT2D eigenvalue weighted by molar-refractivity contribution is 0.295. The number of nitrogens with zero attached hydrogens (tertiary/aromatic N) is 2. The van der Waals surface area contributed by atoms with E-state index < -0.39 is 0 Å². The van der Waals surface area contributed by atoms with Gasteiger partial charge in [-0.05, 0) is 18.9 Å². The highest BCUT2D eigenvalue weighted by molar-refractivity contribution is 7.11. The van der Waals surface area contributed by atoms with Crippen molar-refractivity contribution in [1.29, 1.82) is 0 Å². The minimum absolute atomic E-state index is 0.182. The molecule has 0 amide bonds. The third-order valence-corrected chi connectivity index (χ3v) is 5.52. The lowest BCUT2D eigenvalue weighted by atomic mass is 9.86. The molecule has 1 aliphatic carbocycles. The summed E-state index contributed by atoms with van der Waals surface area (Å²) >= 11 is 1.74. The van der Waals surface area contributed by atoms with Crippen molar-refractivity contribution < 1.29 is 9.47 Å². The van der Waals surface area contributed by atoms with Gasteiger partial charge < -0.3 is 14.8 Å². The van der Waals surface area contributed by atoms with E-state index in [0.29, 0.717) is 12.5 Å². The van der Waals surface area contributed by atoms with Crippen molar-refractivity contribution in [3.8, 4) is 11.5 Å². The number of methoxy groups -OCH3 is 1. The second-order valence-electron chi connectivity index (χ2n) is 5.78.